The van der Waals surface area contributed by atoms with Crippen molar-refractivity contribution < 1.29 is 32.6 Å². The van der Waals surface area contributed by atoms with Crippen molar-refractivity contribution in [2.45, 2.75) is 19.1 Å². The quantitative estimate of drug-likeness (QED) is 0.872. The number of nitrogens with zero attached hydrogens (tertiary/aromatic N) is 1. The van der Waals surface area contributed by atoms with Crippen LogP contribution in [0.4, 0.5) is 13.2 Å². The highest BCUT2D eigenvalue weighted by Crippen LogP contribution is 2.20. The molecule has 1 unspecified atom stereocenters. The van der Waals surface area contributed by atoms with Crippen LogP contribution in [0.2, 0.25) is 0 Å². The normalized spacial score (nSPS) is 12.6. The molecule has 1 atom stereocenters. The van der Waals surface area contributed by atoms with Gasteiger partial charge in [-0.25, -0.2) is 4.79 Å². The number of amides is 1. The largest absolute Gasteiger partial charge is 0.492 e. The Kier molecular flexibility index (Phi) is 5.57. The Morgan fingerprint density at radius 2 is 1.86 bits per heavy atom. The molecule has 1 amide bonds. The van der Waals surface area contributed by atoms with Gasteiger partial charge in [-0.15, -0.1) is 0 Å². The summed E-state index contributed by atoms with van der Waals surface area (Å²) < 4.78 is 42.5. The van der Waals surface area contributed by atoms with E-state index >= 15 is 0 Å². The monoisotopic (exact) mass is 305 g/mol. The smallest absolute Gasteiger partial charge is 0.471 e. The fourth-order valence-corrected chi connectivity index (χ4v) is 1.55. The Bertz CT molecular complexity index is 490. The van der Waals surface area contributed by atoms with Gasteiger partial charge in [0.1, 0.15) is 18.4 Å². The number of carbonyl (C=O) groups excluding carboxylic acids is 1. The summed E-state index contributed by atoms with van der Waals surface area (Å²) in [7, 11) is 0. The van der Waals surface area contributed by atoms with Gasteiger partial charge in [0.05, 0.1) is 6.54 Å². The lowest BCUT2D eigenvalue weighted by molar-refractivity contribution is -0.189. The lowest BCUT2D eigenvalue weighted by Crippen LogP contribution is -2.50. The Morgan fingerprint density at radius 1 is 1.29 bits per heavy atom. The summed E-state index contributed by atoms with van der Waals surface area (Å²) >= 11 is 0. The lowest BCUT2D eigenvalue weighted by atomic mass is 10.2. The molecule has 0 saturated heterocycles. The van der Waals surface area contributed by atoms with Gasteiger partial charge >= 0.3 is 18.1 Å². The summed E-state index contributed by atoms with van der Waals surface area (Å²) in [5.41, 5.74) is 0. The Hall–Kier alpha value is -2.25. The highest BCUT2D eigenvalue weighted by atomic mass is 19.4. The average Bonchev–Trinajstić information content (AvgIpc) is 2.42. The molecule has 0 bridgehead atoms. The molecule has 1 N–H and O–H groups in total. The summed E-state index contributed by atoms with van der Waals surface area (Å²) in [5, 5.41) is 8.78. The molecule has 0 fully saturated rings. The van der Waals surface area contributed by atoms with Crippen LogP contribution in [0, 0.1) is 0 Å². The zero-order valence-electron chi connectivity index (χ0n) is 11.1. The van der Waals surface area contributed by atoms with E-state index in [4.69, 9.17) is 9.84 Å². The first kappa shape index (κ1) is 16.8. The minimum absolute atomic E-state index is 0.227. The number of carboxylic acid groups (broad SMARTS) is 1. The van der Waals surface area contributed by atoms with E-state index < -0.39 is 30.6 Å². The number of aliphatic carboxylic acids is 1. The van der Waals surface area contributed by atoms with Crippen LogP contribution in [0.5, 0.6) is 5.75 Å². The first-order valence-electron chi connectivity index (χ1n) is 6.02. The maximum Gasteiger partial charge on any atom is 0.471 e. The highest BCUT2D eigenvalue weighted by Gasteiger charge is 2.45. The van der Waals surface area contributed by atoms with Crippen molar-refractivity contribution in [1.82, 2.24) is 4.90 Å². The van der Waals surface area contributed by atoms with Crippen molar-refractivity contribution in [3.8, 4) is 5.75 Å². The lowest BCUT2D eigenvalue weighted by Gasteiger charge is -2.27. The molecule has 8 heteroatoms. The molecule has 0 aliphatic heterocycles. The van der Waals surface area contributed by atoms with E-state index in [0.29, 0.717) is 5.75 Å². The maximum absolute atomic E-state index is 12.4. The van der Waals surface area contributed by atoms with E-state index in [0.717, 1.165) is 6.92 Å². The van der Waals surface area contributed by atoms with Gasteiger partial charge in [0, 0.05) is 0 Å². The molecule has 116 valence electrons. The van der Waals surface area contributed by atoms with Crippen LogP contribution >= 0.6 is 0 Å². The molecule has 0 heterocycles. The zero-order chi connectivity index (χ0) is 16.0. The number of rotatable bonds is 6. The summed E-state index contributed by atoms with van der Waals surface area (Å²) in [6.45, 7) is 0.276. The molecule has 0 aromatic heterocycles. The van der Waals surface area contributed by atoms with Gasteiger partial charge in [0.25, 0.3) is 0 Å². The van der Waals surface area contributed by atoms with E-state index in [2.05, 4.69) is 0 Å². The summed E-state index contributed by atoms with van der Waals surface area (Å²) in [5.74, 6) is -3.30. The molecule has 1 rings (SSSR count). The predicted octanol–water partition coefficient (Wildman–Crippen LogP) is 1.93. The van der Waals surface area contributed by atoms with Crippen LogP contribution in [0.15, 0.2) is 30.3 Å². The third kappa shape index (κ3) is 4.97. The SMILES string of the molecule is CC(C(=O)O)N(CCOc1ccccc1)C(=O)C(F)(F)F. The van der Waals surface area contributed by atoms with Crippen molar-refractivity contribution in [2.75, 3.05) is 13.2 Å². The average molecular weight is 305 g/mol. The minimum Gasteiger partial charge on any atom is -0.492 e. The van der Waals surface area contributed by atoms with E-state index in [-0.39, 0.29) is 11.5 Å². The second-order valence-electron chi connectivity index (χ2n) is 4.17. The molecular formula is C13H14F3NO4. The standard InChI is InChI=1S/C13H14F3NO4/c1-9(11(18)19)17(12(20)13(14,15)16)7-8-21-10-5-3-2-4-6-10/h2-6,9H,7-8H2,1H3,(H,18,19). The first-order valence-corrected chi connectivity index (χ1v) is 6.02. The van der Waals surface area contributed by atoms with Crippen LogP contribution in [0.3, 0.4) is 0 Å². The van der Waals surface area contributed by atoms with Crippen LogP contribution < -0.4 is 4.74 Å². The Labute approximate surface area is 118 Å². The van der Waals surface area contributed by atoms with Crippen molar-refractivity contribution >= 4 is 11.9 Å². The molecule has 1 aromatic rings. The predicted molar refractivity (Wildman–Crippen MR) is 66.8 cm³/mol. The minimum atomic E-state index is -5.13. The second kappa shape index (κ2) is 6.96. The van der Waals surface area contributed by atoms with Crippen molar-refractivity contribution in [3.05, 3.63) is 30.3 Å². The van der Waals surface area contributed by atoms with E-state index in [9.17, 15) is 22.8 Å². The molecule has 0 radical (unpaired) electrons. The first-order chi connectivity index (χ1) is 9.73. The highest BCUT2D eigenvalue weighted by molar-refractivity contribution is 5.86. The van der Waals surface area contributed by atoms with Crippen LogP contribution in [0.1, 0.15) is 6.92 Å². The van der Waals surface area contributed by atoms with E-state index in [1.807, 2.05) is 0 Å². The number of para-hydroxylation sites is 1. The number of hydrogen-bond donors (Lipinski definition) is 1. The molecule has 21 heavy (non-hydrogen) atoms. The van der Waals surface area contributed by atoms with Crippen LogP contribution in [-0.4, -0.2) is 47.3 Å². The fraction of sp³-hybridized carbons (Fsp3) is 0.385. The van der Waals surface area contributed by atoms with E-state index in [1.165, 1.54) is 0 Å². The van der Waals surface area contributed by atoms with Gasteiger partial charge in [-0.1, -0.05) is 18.2 Å². The molecule has 0 spiro atoms. The molecule has 5 nitrogen and oxygen atoms in total. The number of hydrogen-bond acceptors (Lipinski definition) is 3. The van der Waals surface area contributed by atoms with Gasteiger partial charge in [0.2, 0.25) is 0 Å². The fourth-order valence-electron chi connectivity index (χ4n) is 1.55. The van der Waals surface area contributed by atoms with Crippen molar-refractivity contribution in [1.29, 1.82) is 0 Å². The zero-order valence-corrected chi connectivity index (χ0v) is 11.1. The summed E-state index contributed by atoms with van der Waals surface area (Å²) in [4.78, 5) is 22.3. The molecule has 1 aromatic carbocycles. The number of benzene rings is 1. The van der Waals surface area contributed by atoms with Gasteiger partial charge in [-0.3, -0.25) is 4.79 Å². The van der Waals surface area contributed by atoms with Crippen LogP contribution in [0.25, 0.3) is 0 Å². The van der Waals surface area contributed by atoms with Crippen molar-refractivity contribution in [3.63, 3.8) is 0 Å². The summed E-state index contributed by atoms with van der Waals surface area (Å²) in [6.07, 6.45) is -5.13. The molecule has 0 aliphatic carbocycles. The third-order valence-electron chi connectivity index (χ3n) is 2.67. The number of halogens is 3. The van der Waals surface area contributed by atoms with Gasteiger partial charge in [-0.05, 0) is 19.1 Å². The third-order valence-corrected chi connectivity index (χ3v) is 2.67. The number of alkyl halides is 3. The maximum atomic E-state index is 12.4. The number of carboxylic acids is 1. The van der Waals surface area contributed by atoms with Crippen LogP contribution in [-0.2, 0) is 9.59 Å². The van der Waals surface area contributed by atoms with Gasteiger partial charge < -0.3 is 14.7 Å². The Morgan fingerprint density at radius 3 is 2.33 bits per heavy atom. The molecule has 0 aliphatic rings. The van der Waals surface area contributed by atoms with Gasteiger partial charge in [0.15, 0.2) is 0 Å². The van der Waals surface area contributed by atoms with Crippen molar-refractivity contribution in [2.24, 2.45) is 0 Å². The number of ether oxygens (including phenoxy) is 1. The molecular weight excluding hydrogens is 291 g/mol. The van der Waals surface area contributed by atoms with E-state index in [1.54, 1.807) is 30.3 Å². The molecule has 0 saturated carbocycles. The second-order valence-corrected chi connectivity index (χ2v) is 4.17. The summed E-state index contributed by atoms with van der Waals surface area (Å²) in [6, 6.07) is 6.67. The topological polar surface area (TPSA) is 66.8 Å². The number of carbonyl (C=O) groups is 2. The Balaban J connectivity index is 2.70. The van der Waals surface area contributed by atoms with Gasteiger partial charge in [-0.2, -0.15) is 13.2 Å².